The van der Waals surface area contributed by atoms with Gasteiger partial charge < -0.3 is 9.47 Å². The number of hydrogen-bond donors (Lipinski definition) is 0. The van der Waals surface area contributed by atoms with Gasteiger partial charge in [-0.15, -0.1) is 6.58 Å². The van der Waals surface area contributed by atoms with Gasteiger partial charge in [0.1, 0.15) is 11.5 Å². The van der Waals surface area contributed by atoms with E-state index in [0.29, 0.717) is 25.2 Å². The van der Waals surface area contributed by atoms with E-state index in [2.05, 4.69) is 6.58 Å². The molecule has 0 aliphatic rings. The molecule has 0 saturated carbocycles. The summed E-state index contributed by atoms with van der Waals surface area (Å²) in [7, 11) is 0. The minimum Gasteiger partial charge on any atom is -0.494 e. The molecular weight excluding hydrogens is 204 g/mol. The molecule has 1 rings (SSSR count). The fraction of sp³-hybridized carbons (Fsp3) is 0.308. The monoisotopic (exact) mass is 220 g/mol. The van der Waals surface area contributed by atoms with Crippen LogP contribution in [0.4, 0.5) is 0 Å². The number of esters is 1. The third-order valence-electron chi connectivity index (χ3n) is 1.92. The van der Waals surface area contributed by atoms with E-state index in [1.165, 1.54) is 0 Å². The molecule has 0 radical (unpaired) electrons. The zero-order valence-electron chi connectivity index (χ0n) is 9.44. The van der Waals surface area contributed by atoms with Gasteiger partial charge in [-0.25, -0.2) is 0 Å². The smallest absolute Gasteiger partial charge is 0.311 e. The predicted molar refractivity (Wildman–Crippen MR) is 62.7 cm³/mol. The van der Waals surface area contributed by atoms with Gasteiger partial charge in [-0.05, 0) is 37.6 Å². The highest BCUT2D eigenvalue weighted by atomic mass is 16.5. The van der Waals surface area contributed by atoms with Crippen molar-refractivity contribution in [3.05, 3.63) is 36.9 Å². The fourth-order valence-corrected chi connectivity index (χ4v) is 1.17. The molecule has 0 atom stereocenters. The van der Waals surface area contributed by atoms with Crippen molar-refractivity contribution in [2.24, 2.45) is 0 Å². The third kappa shape index (κ3) is 4.17. The number of carbonyl (C=O) groups excluding carboxylic acids is 1. The van der Waals surface area contributed by atoms with E-state index in [1.807, 2.05) is 6.92 Å². The van der Waals surface area contributed by atoms with Gasteiger partial charge in [0, 0.05) is 6.42 Å². The van der Waals surface area contributed by atoms with Crippen LogP contribution in [0, 0.1) is 0 Å². The molecule has 0 spiro atoms. The molecule has 0 bridgehead atoms. The summed E-state index contributed by atoms with van der Waals surface area (Å²) < 4.78 is 10.4. The Labute approximate surface area is 95.7 Å². The average Bonchev–Trinajstić information content (AvgIpc) is 2.29. The molecule has 0 N–H and O–H groups in total. The molecule has 1 aromatic carbocycles. The fourth-order valence-electron chi connectivity index (χ4n) is 1.17. The molecule has 0 amide bonds. The van der Waals surface area contributed by atoms with E-state index >= 15 is 0 Å². The van der Waals surface area contributed by atoms with Crippen LogP contribution in [-0.4, -0.2) is 12.6 Å². The van der Waals surface area contributed by atoms with E-state index in [9.17, 15) is 4.79 Å². The number of carbonyl (C=O) groups is 1. The number of benzene rings is 1. The van der Waals surface area contributed by atoms with Gasteiger partial charge in [-0.2, -0.15) is 0 Å². The van der Waals surface area contributed by atoms with Crippen LogP contribution in [0.5, 0.6) is 11.5 Å². The second-order valence-corrected chi connectivity index (χ2v) is 3.21. The number of rotatable bonds is 6. The summed E-state index contributed by atoms with van der Waals surface area (Å²) in [4.78, 5) is 11.3. The second-order valence-electron chi connectivity index (χ2n) is 3.21. The van der Waals surface area contributed by atoms with Crippen molar-refractivity contribution in [2.45, 2.75) is 19.8 Å². The van der Waals surface area contributed by atoms with E-state index in [-0.39, 0.29) is 5.97 Å². The van der Waals surface area contributed by atoms with Crippen molar-refractivity contribution in [3.8, 4) is 11.5 Å². The standard InChI is InChI=1S/C13H16O3/c1-3-5-6-13(14)16-12-9-7-11(8-10-12)15-4-2/h3,7-10H,1,4-6H2,2H3. The largest absolute Gasteiger partial charge is 0.494 e. The number of hydrogen-bond acceptors (Lipinski definition) is 3. The van der Waals surface area contributed by atoms with Crippen LogP contribution < -0.4 is 9.47 Å². The zero-order chi connectivity index (χ0) is 11.8. The highest BCUT2D eigenvalue weighted by molar-refractivity contribution is 5.72. The Balaban J connectivity index is 2.48. The molecule has 0 aliphatic carbocycles. The number of allylic oxidation sites excluding steroid dienone is 1. The summed E-state index contributed by atoms with van der Waals surface area (Å²) in [5.41, 5.74) is 0. The molecule has 0 heterocycles. The Morgan fingerprint density at radius 2 is 1.94 bits per heavy atom. The van der Waals surface area contributed by atoms with Gasteiger partial charge in [0.15, 0.2) is 0 Å². The van der Waals surface area contributed by atoms with Crippen LogP contribution in [0.2, 0.25) is 0 Å². The Morgan fingerprint density at radius 1 is 1.31 bits per heavy atom. The first-order valence-electron chi connectivity index (χ1n) is 5.30. The van der Waals surface area contributed by atoms with Crippen molar-refractivity contribution < 1.29 is 14.3 Å². The van der Waals surface area contributed by atoms with Crippen molar-refractivity contribution >= 4 is 5.97 Å². The van der Waals surface area contributed by atoms with Crippen molar-refractivity contribution in [1.29, 1.82) is 0 Å². The quantitative estimate of drug-likeness (QED) is 0.420. The van der Waals surface area contributed by atoms with E-state index < -0.39 is 0 Å². The highest BCUT2D eigenvalue weighted by Gasteiger charge is 2.03. The Hall–Kier alpha value is -1.77. The van der Waals surface area contributed by atoms with Crippen molar-refractivity contribution in [1.82, 2.24) is 0 Å². The minimum atomic E-state index is -0.246. The zero-order valence-corrected chi connectivity index (χ0v) is 9.44. The molecule has 0 unspecified atom stereocenters. The first-order chi connectivity index (χ1) is 7.76. The van der Waals surface area contributed by atoms with Crippen LogP contribution >= 0.6 is 0 Å². The molecule has 0 saturated heterocycles. The number of ether oxygens (including phenoxy) is 2. The van der Waals surface area contributed by atoms with Crippen LogP contribution in [0.25, 0.3) is 0 Å². The van der Waals surface area contributed by atoms with Gasteiger partial charge in [0.2, 0.25) is 0 Å². The second kappa shape index (κ2) is 6.67. The van der Waals surface area contributed by atoms with Crippen LogP contribution in [-0.2, 0) is 4.79 Å². The maximum Gasteiger partial charge on any atom is 0.311 e. The maximum absolute atomic E-state index is 11.3. The van der Waals surface area contributed by atoms with E-state index in [1.54, 1.807) is 30.3 Å². The SMILES string of the molecule is C=CCCC(=O)Oc1ccc(OCC)cc1. The van der Waals surface area contributed by atoms with E-state index in [4.69, 9.17) is 9.47 Å². The first kappa shape index (κ1) is 12.3. The highest BCUT2D eigenvalue weighted by Crippen LogP contribution is 2.18. The topological polar surface area (TPSA) is 35.5 Å². The van der Waals surface area contributed by atoms with Crippen molar-refractivity contribution in [2.75, 3.05) is 6.61 Å². The van der Waals surface area contributed by atoms with Gasteiger partial charge in [-0.3, -0.25) is 4.79 Å². The van der Waals surface area contributed by atoms with Gasteiger partial charge in [-0.1, -0.05) is 6.08 Å². The van der Waals surface area contributed by atoms with Gasteiger partial charge in [0.25, 0.3) is 0 Å². The van der Waals surface area contributed by atoms with Gasteiger partial charge >= 0.3 is 5.97 Å². The summed E-state index contributed by atoms with van der Waals surface area (Å²) in [6, 6.07) is 6.99. The molecule has 86 valence electrons. The lowest BCUT2D eigenvalue weighted by atomic mass is 10.3. The van der Waals surface area contributed by atoms with Crippen LogP contribution in [0.3, 0.4) is 0 Å². The molecule has 1 aromatic rings. The van der Waals surface area contributed by atoms with E-state index in [0.717, 1.165) is 5.75 Å². The lowest BCUT2D eigenvalue weighted by Gasteiger charge is -2.05. The first-order valence-corrected chi connectivity index (χ1v) is 5.30. The Kier molecular flexibility index (Phi) is 5.12. The molecular formula is C13H16O3. The van der Waals surface area contributed by atoms with Crippen LogP contribution in [0.15, 0.2) is 36.9 Å². The maximum atomic E-state index is 11.3. The molecule has 3 heteroatoms. The average molecular weight is 220 g/mol. The lowest BCUT2D eigenvalue weighted by Crippen LogP contribution is -2.06. The summed E-state index contributed by atoms with van der Waals surface area (Å²) in [6.45, 7) is 6.09. The Morgan fingerprint density at radius 3 is 2.50 bits per heavy atom. The van der Waals surface area contributed by atoms with Gasteiger partial charge in [0.05, 0.1) is 6.61 Å². The molecule has 16 heavy (non-hydrogen) atoms. The summed E-state index contributed by atoms with van der Waals surface area (Å²) in [5, 5.41) is 0. The molecule has 0 aliphatic heterocycles. The van der Waals surface area contributed by atoms with Crippen molar-refractivity contribution in [3.63, 3.8) is 0 Å². The normalized spacial score (nSPS) is 9.56. The minimum absolute atomic E-state index is 0.246. The summed E-state index contributed by atoms with van der Waals surface area (Å²) in [5.74, 6) is 1.06. The molecule has 3 nitrogen and oxygen atoms in total. The molecule has 0 fully saturated rings. The summed E-state index contributed by atoms with van der Waals surface area (Å²) in [6.07, 6.45) is 2.69. The molecule has 0 aromatic heterocycles. The lowest BCUT2D eigenvalue weighted by molar-refractivity contribution is -0.134. The third-order valence-corrected chi connectivity index (χ3v) is 1.92. The van der Waals surface area contributed by atoms with Crippen LogP contribution in [0.1, 0.15) is 19.8 Å². The Bertz CT molecular complexity index is 341. The summed E-state index contributed by atoms with van der Waals surface area (Å²) >= 11 is 0. The predicted octanol–water partition coefficient (Wildman–Crippen LogP) is 2.96.